The Morgan fingerprint density at radius 1 is 1.09 bits per heavy atom. The lowest BCUT2D eigenvalue weighted by Gasteiger charge is -2.42. The first-order valence-electron chi connectivity index (χ1n) is 12.2. The van der Waals surface area contributed by atoms with Crippen molar-refractivity contribution in [2.45, 2.75) is 45.2 Å². The van der Waals surface area contributed by atoms with E-state index in [9.17, 15) is 4.79 Å². The van der Waals surface area contributed by atoms with Gasteiger partial charge in [0.25, 0.3) is 5.91 Å². The number of piperazine rings is 1. The van der Waals surface area contributed by atoms with Gasteiger partial charge in [0.1, 0.15) is 0 Å². The lowest BCUT2D eigenvalue weighted by molar-refractivity contribution is 0.0437. The molecule has 3 aromatic rings. The van der Waals surface area contributed by atoms with E-state index in [2.05, 4.69) is 51.3 Å². The number of fused-ring (bicyclic) bond motifs is 1. The number of pyridine rings is 1. The second kappa shape index (κ2) is 9.61. The Morgan fingerprint density at radius 2 is 1.91 bits per heavy atom. The molecule has 1 atom stereocenters. The number of amides is 1. The van der Waals surface area contributed by atoms with Crippen LogP contribution in [0.15, 0.2) is 48.7 Å². The van der Waals surface area contributed by atoms with Crippen molar-refractivity contribution in [1.82, 2.24) is 29.7 Å². The predicted octanol–water partition coefficient (Wildman–Crippen LogP) is 3.18. The van der Waals surface area contributed by atoms with E-state index in [0.717, 1.165) is 43.4 Å². The first kappa shape index (κ1) is 22.0. The molecule has 3 heterocycles. The van der Waals surface area contributed by atoms with Crippen molar-refractivity contribution in [3.63, 3.8) is 0 Å². The van der Waals surface area contributed by atoms with E-state index in [1.54, 1.807) is 0 Å². The van der Waals surface area contributed by atoms with Crippen LogP contribution in [0.1, 0.15) is 54.5 Å². The molecule has 1 aromatic carbocycles. The third kappa shape index (κ3) is 5.09. The average molecular weight is 447 g/mol. The molecule has 2 fully saturated rings. The fraction of sp³-hybridized carbons (Fsp3) is 0.500. The molecule has 174 valence electrons. The number of carbonyl (C=O) groups excluding carboxylic acids is 1. The molecule has 5 rings (SSSR count). The summed E-state index contributed by atoms with van der Waals surface area (Å²) in [5, 5.41) is 12.1. The lowest BCUT2D eigenvalue weighted by atomic mass is 10.1. The molecule has 33 heavy (non-hydrogen) atoms. The summed E-state index contributed by atoms with van der Waals surface area (Å²) in [6, 6.07) is 14.5. The van der Waals surface area contributed by atoms with Gasteiger partial charge in [0, 0.05) is 45.0 Å². The van der Waals surface area contributed by atoms with Gasteiger partial charge in [-0.05, 0) is 56.7 Å². The molecule has 1 saturated heterocycles. The van der Waals surface area contributed by atoms with Crippen molar-refractivity contribution in [2.75, 3.05) is 32.7 Å². The molecule has 0 radical (unpaired) electrons. The van der Waals surface area contributed by atoms with Crippen molar-refractivity contribution in [1.29, 1.82) is 0 Å². The predicted molar refractivity (Wildman–Crippen MR) is 129 cm³/mol. The maximum absolute atomic E-state index is 12.9. The number of carbonyl (C=O) groups is 1. The summed E-state index contributed by atoms with van der Waals surface area (Å²) in [4.78, 5) is 18.0. The Balaban J connectivity index is 1.33. The fourth-order valence-electron chi connectivity index (χ4n) is 4.87. The summed E-state index contributed by atoms with van der Waals surface area (Å²) in [5.74, 6) is 1.74. The molecule has 0 unspecified atom stereocenters. The highest BCUT2D eigenvalue weighted by Crippen LogP contribution is 2.33. The van der Waals surface area contributed by atoms with Crippen LogP contribution in [0.3, 0.4) is 0 Å². The molecule has 1 aliphatic carbocycles. The van der Waals surface area contributed by atoms with Gasteiger partial charge in [-0.1, -0.05) is 30.3 Å². The number of benzene rings is 1. The topological polar surface area (TPSA) is 65.8 Å². The van der Waals surface area contributed by atoms with Gasteiger partial charge in [-0.3, -0.25) is 19.0 Å². The highest BCUT2D eigenvalue weighted by atomic mass is 16.1. The third-order valence-electron chi connectivity index (χ3n) is 6.91. The quantitative estimate of drug-likeness (QED) is 0.576. The Hall–Kier alpha value is -2.77. The number of nitrogens with one attached hydrogen (secondary N) is 1. The van der Waals surface area contributed by atoms with Crippen LogP contribution in [0, 0.1) is 5.92 Å². The highest BCUT2D eigenvalue weighted by Gasteiger charge is 2.35. The normalized spacial score (nSPS) is 19.9. The van der Waals surface area contributed by atoms with Gasteiger partial charge < -0.3 is 5.32 Å². The number of hydrogen-bond acceptors (Lipinski definition) is 5. The summed E-state index contributed by atoms with van der Waals surface area (Å²) in [5.41, 5.74) is 2.64. The van der Waals surface area contributed by atoms with E-state index in [4.69, 9.17) is 0 Å². The Bertz CT molecular complexity index is 1090. The first-order valence-corrected chi connectivity index (χ1v) is 12.2. The van der Waals surface area contributed by atoms with Crippen molar-refractivity contribution in [3.05, 3.63) is 65.6 Å². The largest absolute Gasteiger partial charge is 0.352 e. The maximum atomic E-state index is 12.9. The molecule has 7 heteroatoms. The van der Waals surface area contributed by atoms with Crippen molar-refractivity contribution in [3.8, 4) is 0 Å². The number of aromatic nitrogens is 3. The van der Waals surface area contributed by atoms with Gasteiger partial charge in [0.2, 0.25) is 0 Å². The molecule has 0 bridgehead atoms. The SMILES string of the molecule is CC(C)N1CCN(CC2CC2)C[C@@H]1c1nnc2ccc(C(=O)NCCc3ccccc3)cn12. The lowest BCUT2D eigenvalue weighted by Crippen LogP contribution is -2.51. The van der Waals surface area contributed by atoms with Crippen LogP contribution in [0.4, 0.5) is 0 Å². The summed E-state index contributed by atoms with van der Waals surface area (Å²) >= 11 is 0. The van der Waals surface area contributed by atoms with E-state index >= 15 is 0 Å². The molecule has 0 spiro atoms. The molecular formula is C26H34N6O. The van der Waals surface area contributed by atoms with Crippen molar-refractivity contribution in [2.24, 2.45) is 5.92 Å². The second-order valence-electron chi connectivity index (χ2n) is 9.75. The van der Waals surface area contributed by atoms with Crippen molar-refractivity contribution >= 4 is 11.6 Å². The van der Waals surface area contributed by atoms with E-state index in [1.165, 1.54) is 24.9 Å². The summed E-state index contributed by atoms with van der Waals surface area (Å²) < 4.78 is 2.02. The average Bonchev–Trinajstić information content (AvgIpc) is 3.54. The Kier molecular flexibility index (Phi) is 6.42. The molecule has 1 saturated carbocycles. The van der Waals surface area contributed by atoms with Crippen LogP contribution in [0.5, 0.6) is 0 Å². The van der Waals surface area contributed by atoms with E-state index in [0.29, 0.717) is 18.2 Å². The maximum Gasteiger partial charge on any atom is 0.252 e. The zero-order valence-corrected chi connectivity index (χ0v) is 19.7. The van der Waals surface area contributed by atoms with Gasteiger partial charge in [0.15, 0.2) is 11.5 Å². The smallest absolute Gasteiger partial charge is 0.252 e. The molecule has 7 nitrogen and oxygen atoms in total. The van der Waals surface area contributed by atoms with Gasteiger partial charge in [-0.2, -0.15) is 0 Å². The van der Waals surface area contributed by atoms with Crippen LogP contribution in [0.25, 0.3) is 5.65 Å². The summed E-state index contributed by atoms with van der Waals surface area (Å²) in [6.07, 6.45) is 5.45. The van der Waals surface area contributed by atoms with E-state index < -0.39 is 0 Å². The van der Waals surface area contributed by atoms with Crippen LogP contribution in [-0.2, 0) is 6.42 Å². The highest BCUT2D eigenvalue weighted by molar-refractivity contribution is 5.94. The monoisotopic (exact) mass is 446 g/mol. The molecule has 1 aliphatic heterocycles. The minimum Gasteiger partial charge on any atom is -0.352 e. The molecule has 1 N–H and O–H groups in total. The number of nitrogens with zero attached hydrogens (tertiary/aromatic N) is 5. The summed E-state index contributed by atoms with van der Waals surface area (Å²) in [6.45, 7) is 9.39. The van der Waals surface area contributed by atoms with Gasteiger partial charge in [-0.15, -0.1) is 10.2 Å². The first-order chi connectivity index (χ1) is 16.1. The molecule has 2 aromatic heterocycles. The number of hydrogen-bond donors (Lipinski definition) is 1. The molecule has 2 aliphatic rings. The minimum absolute atomic E-state index is 0.0628. The van der Waals surface area contributed by atoms with Gasteiger partial charge in [0.05, 0.1) is 11.6 Å². The second-order valence-corrected chi connectivity index (χ2v) is 9.75. The van der Waals surface area contributed by atoms with Gasteiger partial charge in [-0.25, -0.2) is 0 Å². The fourth-order valence-corrected chi connectivity index (χ4v) is 4.87. The van der Waals surface area contributed by atoms with Crippen LogP contribution in [-0.4, -0.2) is 69.1 Å². The third-order valence-corrected chi connectivity index (χ3v) is 6.91. The van der Waals surface area contributed by atoms with E-state index in [1.807, 2.05) is 40.9 Å². The molecular weight excluding hydrogens is 412 g/mol. The van der Waals surface area contributed by atoms with Gasteiger partial charge >= 0.3 is 0 Å². The van der Waals surface area contributed by atoms with Crippen LogP contribution < -0.4 is 5.32 Å². The summed E-state index contributed by atoms with van der Waals surface area (Å²) in [7, 11) is 0. The van der Waals surface area contributed by atoms with Crippen LogP contribution >= 0.6 is 0 Å². The van der Waals surface area contributed by atoms with Crippen LogP contribution in [0.2, 0.25) is 0 Å². The zero-order valence-electron chi connectivity index (χ0n) is 19.7. The standard InChI is InChI=1S/C26H34N6O/c1-19(2)31-15-14-30(16-21-8-9-21)18-23(31)25-29-28-24-11-10-22(17-32(24)25)26(33)27-13-12-20-6-4-3-5-7-20/h3-7,10-11,17,19,21,23H,8-9,12-16,18H2,1-2H3,(H,27,33)/t23-/m1/s1. The Labute approximate surface area is 195 Å². The zero-order chi connectivity index (χ0) is 22.8. The number of rotatable bonds is 8. The Morgan fingerprint density at radius 3 is 2.67 bits per heavy atom. The van der Waals surface area contributed by atoms with E-state index in [-0.39, 0.29) is 11.9 Å². The van der Waals surface area contributed by atoms with Crippen molar-refractivity contribution < 1.29 is 4.79 Å². The minimum atomic E-state index is -0.0628. The molecule has 1 amide bonds.